The summed E-state index contributed by atoms with van der Waals surface area (Å²) >= 11 is 0. The fraction of sp³-hybridized carbons (Fsp3) is 0.231. The van der Waals surface area contributed by atoms with E-state index in [-0.39, 0.29) is 11.7 Å². The number of nitrogens with zero attached hydrogens (tertiary/aromatic N) is 2. The SMILES string of the molecule is CC(=O)Nc1ccc(-c2nnc(C)o2)cc1OC(C)=O. The molecule has 104 valence electrons. The molecule has 1 heterocycles. The summed E-state index contributed by atoms with van der Waals surface area (Å²) in [7, 11) is 0. The van der Waals surface area contributed by atoms with E-state index in [4.69, 9.17) is 9.15 Å². The lowest BCUT2D eigenvalue weighted by Gasteiger charge is -2.10. The third kappa shape index (κ3) is 3.19. The van der Waals surface area contributed by atoms with Gasteiger partial charge in [-0.25, -0.2) is 0 Å². The summed E-state index contributed by atoms with van der Waals surface area (Å²) in [6.07, 6.45) is 0. The van der Waals surface area contributed by atoms with E-state index in [2.05, 4.69) is 15.5 Å². The number of hydrogen-bond acceptors (Lipinski definition) is 6. The number of nitrogens with one attached hydrogen (secondary N) is 1. The molecular weight excluding hydrogens is 262 g/mol. The zero-order valence-electron chi connectivity index (χ0n) is 11.3. The number of aromatic nitrogens is 2. The fourth-order valence-electron chi connectivity index (χ4n) is 1.60. The number of amides is 1. The van der Waals surface area contributed by atoms with Crippen LogP contribution in [0.15, 0.2) is 22.6 Å². The summed E-state index contributed by atoms with van der Waals surface area (Å²) in [5.74, 6) is 0.210. The molecule has 0 radical (unpaired) electrons. The fourth-order valence-corrected chi connectivity index (χ4v) is 1.60. The van der Waals surface area contributed by atoms with Gasteiger partial charge in [-0.05, 0) is 18.2 Å². The number of benzene rings is 1. The lowest BCUT2D eigenvalue weighted by atomic mass is 10.2. The molecule has 0 saturated carbocycles. The Morgan fingerprint density at radius 1 is 1.25 bits per heavy atom. The summed E-state index contributed by atoms with van der Waals surface area (Å²) < 4.78 is 10.4. The van der Waals surface area contributed by atoms with Crippen LogP contribution in [-0.2, 0) is 9.59 Å². The first kappa shape index (κ1) is 13.7. The largest absolute Gasteiger partial charge is 0.424 e. The lowest BCUT2D eigenvalue weighted by molar-refractivity contribution is -0.131. The Balaban J connectivity index is 2.42. The van der Waals surface area contributed by atoms with Crippen LogP contribution >= 0.6 is 0 Å². The maximum atomic E-state index is 11.1. The molecule has 0 fully saturated rings. The quantitative estimate of drug-likeness (QED) is 0.679. The highest BCUT2D eigenvalue weighted by Gasteiger charge is 2.13. The molecule has 0 unspecified atom stereocenters. The number of ether oxygens (including phenoxy) is 1. The van der Waals surface area contributed by atoms with Crippen LogP contribution in [0.4, 0.5) is 5.69 Å². The highest BCUT2D eigenvalue weighted by atomic mass is 16.5. The second-order valence-electron chi connectivity index (χ2n) is 4.11. The second kappa shape index (κ2) is 5.52. The molecule has 1 aromatic carbocycles. The minimum Gasteiger partial charge on any atom is -0.424 e. The van der Waals surface area contributed by atoms with Gasteiger partial charge in [0, 0.05) is 26.3 Å². The Labute approximate surface area is 115 Å². The van der Waals surface area contributed by atoms with E-state index < -0.39 is 5.97 Å². The van der Waals surface area contributed by atoms with Crippen molar-refractivity contribution < 1.29 is 18.7 Å². The number of aryl methyl sites for hydroxylation is 1. The van der Waals surface area contributed by atoms with Crippen LogP contribution in [0.2, 0.25) is 0 Å². The zero-order chi connectivity index (χ0) is 14.7. The maximum absolute atomic E-state index is 11.1. The Hall–Kier alpha value is -2.70. The number of esters is 1. The van der Waals surface area contributed by atoms with Gasteiger partial charge in [0.2, 0.25) is 17.7 Å². The highest BCUT2D eigenvalue weighted by Crippen LogP contribution is 2.30. The second-order valence-corrected chi connectivity index (χ2v) is 4.11. The molecule has 0 atom stereocenters. The van der Waals surface area contributed by atoms with E-state index >= 15 is 0 Å². The number of anilines is 1. The molecule has 7 heteroatoms. The molecule has 2 aromatic rings. The van der Waals surface area contributed by atoms with E-state index in [9.17, 15) is 9.59 Å². The average Bonchev–Trinajstić information content (AvgIpc) is 2.77. The van der Waals surface area contributed by atoms with Crippen LogP contribution in [0.5, 0.6) is 5.75 Å². The van der Waals surface area contributed by atoms with E-state index in [0.29, 0.717) is 23.0 Å². The van der Waals surface area contributed by atoms with Crippen molar-refractivity contribution in [3.8, 4) is 17.2 Å². The first-order chi connectivity index (χ1) is 9.45. The van der Waals surface area contributed by atoms with E-state index in [1.54, 1.807) is 25.1 Å². The minimum absolute atomic E-state index is 0.223. The van der Waals surface area contributed by atoms with Gasteiger partial charge < -0.3 is 14.5 Å². The van der Waals surface area contributed by atoms with Crippen molar-refractivity contribution in [3.63, 3.8) is 0 Å². The van der Waals surface area contributed by atoms with Crippen LogP contribution in [0.1, 0.15) is 19.7 Å². The Kier molecular flexibility index (Phi) is 3.79. The van der Waals surface area contributed by atoms with Gasteiger partial charge >= 0.3 is 5.97 Å². The number of rotatable bonds is 3. The normalized spacial score (nSPS) is 10.2. The minimum atomic E-state index is -0.490. The van der Waals surface area contributed by atoms with Crippen molar-refractivity contribution in [2.24, 2.45) is 0 Å². The zero-order valence-corrected chi connectivity index (χ0v) is 11.3. The summed E-state index contributed by atoms with van der Waals surface area (Å²) in [4.78, 5) is 22.2. The summed E-state index contributed by atoms with van der Waals surface area (Å²) in [6, 6.07) is 4.85. The van der Waals surface area contributed by atoms with Crippen LogP contribution in [0.25, 0.3) is 11.5 Å². The number of hydrogen-bond donors (Lipinski definition) is 1. The highest BCUT2D eigenvalue weighted by molar-refractivity contribution is 5.91. The van der Waals surface area contributed by atoms with Gasteiger partial charge in [-0.3, -0.25) is 9.59 Å². The number of carbonyl (C=O) groups is 2. The molecule has 0 bridgehead atoms. The number of carbonyl (C=O) groups excluding carboxylic acids is 2. The topological polar surface area (TPSA) is 94.3 Å². The molecule has 0 aliphatic carbocycles. The third-order valence-electron chi connectivity index (χ3n) is 2.32. The molecular formula is C13H13N3O4. The van der Waals surface area contributed by atoms with Crippen LogP contribution < -0.4 is 10.1 Å². The molecule has 2 rings (SSSR count). The van der Waals surface area contributed by atoms with E-state index in [1.807, 2.05) is 0 Å². The van der Waals surface area contributed by atoms with E-state index in [1.165, 1.54) is 13.8 Å². The monoisotopic (exact) mass is 275 g/mol. The predicted octanol–water partition coefficient (Wildman–Crippen LogP) is 1.93. The Bertz CT molecular complexity index is 663. The maximum Gasteiger partial charge on any atom is 0.308 e. The van der Waals surface area contributed by atoms with Gasteiger partial charge in [0.15, 0.2) is 5.75 Å². The molecule has 0 aliphatic rings. The van der Waals surface area contributed by atoms with Crippen molar-refractivity contribution in [1.82, 2.24) is 10.2 Å². The van der Waals surface area contributed by atoms with Crippen molar-refractivity contribution in [3.05, 3.63) is 24.1 Å². The van der Waals surface area contributed by atoms with Crippen LogP contribution in [0, 0.1) is 6.92 Å². The van der Waals surface area contributed by atoms with Crippen molar-refractivity contribution >= 4 is 17.6 Å². The Morgan fingerprint density at radius 2 is 2.00 bits per heavy atom. The van der Waals surface area contributed by atoms with Crippen molar-refractivity contribution in [2.75, 3.05) is 5.32 Å². The Morgan fingerprint density at radius 3 is 2.55 bits per heavy atom. The predicted molar refractivity (Wildman–Crippen MR) is 70.1 cm³/mol. The molecule has 20 heavy (non-hydrogen) atoms. The molecule has 0 saturated heterocycles. The summed E-state index contributed by atoms with van der Waals surface area (Å²) in [6.45, 7) is 4.32. The van der Waals surface area contributed by atoms with Gasteiger partial charge in [0.05, 0.1) is 5.69 Å². The molecule has 7 nitrogen and oxygen atoms in total. The third-order valence-corrected chi connectivity index (χ3v) is 2.32. The standard InChI is InChI=1S/C13H13N3O4/c1-7(17)14-11-5-4-10(6-12(11)20-9(3)18)13-16-15-8(2)19-13/h4-6H,1-3H3,(H,14,17). The van der Waals surface area contributed by atoms with Gasteiger partial charge in [-0.2, -0.15) is 0 Å². The average molecular weight is 275 g/mol. The lowest BCUT2D eigenvalue weighted by Crippen LogP contribution is -2.10. The summed E-state index contributed by atoms with van der Waals surface area (Å²) in [5, 5.41) is 10.2. The van der Waals surface area contributed by atoms with Crippen LogP contribution in [0.3, 0.4) is 0 Å². The summed E-state index contributed by atoms with van der Waals surface area (Å²) in [5.41, 5.74) is 0.989. The van der Waals surface area contributed by atoms with Gasteiger partial charge in [-0.1, -0.05) is 0 Å². The van der Waals surface area contributed by atoms with Gasteiger partial charge in [0.1, 0.15) is 0 Å². The smallest absolute Gasteiger partial charge is 0.308 e. The van der Waals surface area contributed by atoms with Crippen molar-refractivity contribution in [1.29, 1.82) is 0 Å². The van der Waals surface area contributed by atoms with E-state index in [0.717, 1.165) is 0 Å². The van der Waals surface area contributed by atoms with Gasteiger partial charge in [-0.15, -0.1) is 10.2 Å². The molecule has 1 aromatic heterocycles. The first-order valence-corrected chi connectivity index (χ1v) is 5.86. The molecule has 1 N–H and O–H groups in total. The molecule has 1 amide bonds. The van der Waals surface area contributed by atoms with Crippen LogP contribution in [-0.4, -0.2) is 22.1 Å². The molecule has 0 aliphatic heterocycles. The molecule has 0 spiro atoms. The van der Waals surface area contributed by atoms with Gasteiger partial charge in [0.25, 0.3) is 0 Å². The van der Waals surface area contributed by atoms with Crippen molar-refractivity contribution in [2.45, 2.75) is 20.8 Å². The first-order valence-electron chi connectivity index (χ1n) is 5.86.